The minimum absolute atomic E-state index is 0.269. The summed E-state index contributed by atoms with van der Waals surface area (Å²) in [5.74, 6) is -2.66. The average molecular weight is 364 g/mol. The van der Waals surface area contributed by atoms with Crippen LogP contribution in [0.5, 0.6) is 0 Å². The second kappa shape index (κ2) is 8.58. The summed E-state index contributed by atoms with van der Waals surface area (Å²) in [6.45, 7) is 0. The lowest BCUT2D eigenvalue weighted by molar-refractivity contribution is 0.0978. The van der Waals surface area contributed by atoms with Gasteiger partial charge in [-0.3, -0.25) is 9.59 Å². The third-order valence-electron chi connectivity index (χ3n) is 4.48. The molecule has 0 amide bonds. The Kier molecular flexibility index (Phi) is 5.75. The molecule has 4 nitrogen and oxygen atoms in total. The van der Waals surface area contributed by atoms with Crippen LogP contribution in [-0.2, 0) is 0 Å². The van der Waals surface area contributed by atoms with Crippen molar-refractivity contribution in [3.05, 3.63) is 107 Å². The molecule has 0 aliphatic heterocycles. The SMILES string of the molecule is N#CC(C(=O)c1cccc(C(=O)C(C#N)c2ccccc2)c1)c1ccccc1. The molecule has 0 saturated carbocycles. The molecule has 0 aliphatic carbocycles. The topological polar surface area (TPSA) is 81.7 Å². The number of benzene rings is 3. The van der Waals surface area contributed by atoms with E-state index < -0.39 is 11.8 Å². The van der Waals surface area contributed by atoms with Crippen LogP contribution in [0.25, 0.3) is 0 Å². The van der Waals surface area contributed by atoms with Crippen LogP contribution in [0.2, 0.25) is 0 Å². The predicted molar refractivity (Wildman–Crippen MR) is 105 cm³/mol. The highest BCUT2D eigenvalue weighted by molar-refractivity contribution is 6.07. The van der Waals surface area contributed by atoms with Gasteiger partial charge in [0, 0.05) is 11.1 Å². The van der Waals surface area contributed by atoms with Crippen molar-refractivity contribution in [2.75, 3.05) is 0 Å². The smallest absolute Gasteiger partial charge is 0.184 e. The maximum atomic E-state index is 12.9. The number of carbonyl (C=O) groups excluding carboxylic acids is 2. The highest BCUT2D eigenvalue weighted by atomic mass is 16.1. The van der Waals surface area contributed by atoms with E-state index in [1.165, 1.54) is 6.07 Å². The maximum Gasteiger partial charge on any atom is 0.184 e. The van der Waals surface area contributed by atoms with Crippen LogP contribution in [0.1, 0.15) is 43.7 Å². The highest BCUT2D eigenvalue weighted by Crippen LogP contribution is 2.24. The van der Waals surface area contributed by atoms with Crippen LogP contribution in [0.4, 0.5) is 0 Å². The van der Waals surface area contributed by atoms with Crippen molar-refractivity contribution in [1.82, 2.24) is 0 Å². The van der Waals surface area contributed by atoms with Gasteiger partial charge in [0.2, 0.25) is 0 Å². The Balaban J connectivity index is 1.92. The fourth-order valence-electron chi connectivity index (χ4n) is 3.02. The first kappa shape index (κ1) is 18.8. The van der Waals surface area contributed by atoms with Crippen molar-refractivity contribution in [3.63, 3.8) is 0 Å². The summed E-state index contributed by atoms with van der Waals surface area (Å²) >= 11 is 0. The summed E-state index contributed by atoms with van der Waals surface area (Å²) in [6.07, 6.45) is 0. The zero-order valence-electron chi connectivity index (χ0n) is 14.9. The number of nitrogens with zero attached hydrogens (tertiary/aromatic N) is 2. The Bertz CT molecular complexity index is 992. The lowest BCUT2D eigenvalue weighted by atomic mass is 9.88. The van der Waals surface area contributed by atoms with Crippen molar-refractivity contribution < 1.29 is 9.59 Å². The standard InChI is InChI=1S/C24H16N2O2/c25-15-21(17-8-3-1-4-9-17)23(27)19-12-7-13-20(14-19)24(28)22(16-26)18-10-5-2-6-11-18/h1-14,21-22H. The van der Waals surface area contributed by atoms with Gasteiger partial charge in [-0.15, -0.1) is 0 Å². The first-order valence-electron chi connectivity index (χ1n) is 8.73. The van der Waals surface area contributed by atoms with Gasteiger partial charge in [0.1, 0.15) is 11.8 Å². The number of nitriles is 2. The summed E-state index contributed by atoms with van der Waals surface area (Å²) in [5.41, 5.74) is 1.74. The van der Waals surface area contributed by atoms with Crippen LogP contribution in [0, 0.1) is 22.7 Å². The summed E-state index contributed by atoms with van der Waals surface area (Å²) in [4.78, 5) is 25.7. The van der Waals surface area contributed by atoms with Gasteiger partial charge in [0.25, 0.3) is 0 Å². The Hall–Kier alpha value is -4.02. The molecule has 0 spiro atoms. The Morgan fingerprint density at radius 2 is 1.00 bits per heavy atom. The zero-order valence-corrected chi connectivity index (χ0v) is 14.9. The quantitative estimate of drug-likeness (QED) is 0.595. The number of carbonyl (C=O) groups is 2. The number of hydrogen-bond acceptors (Lipinski definition) is 4. The second-order valence-electron chi connectivity index (χ2n) is 6.25. The molecule has 134 valence electrons. The van der Waals surface area contributed by atoms with Gasteiger partial charge in [-0.1, -0.05) is 78.9 Å². The monoisotopic (exact) mass is 364 g/mol. The molecule has 0 aliphatic rings. The third kappa shape index (κ3) is 3.87. The fourth-order valence-corrected chi connectivity index (χ4v) is 3.02. The zero-order chi connectivity index (χ0) is 19.9. The molecule has 0 aromatic heterocycles. The molecule has 0 saturated heterocycles. The van der Waals surface area contributed by atoms with E-state index in [0.717, 1.165) is 0 Å². The van der Waals surface area contributed by atoms with Gasteiger partial charge >= 0.3 is 0 Å². The predicted octanol–water partition coefficient (Wildman–Crippen LogP) is 4.67. The third-order valence-corrected chi connectivity index (χ3v) is 4.48. The van der Waals surface area contributed by atoms with Gasteiger partial charge in [0.15, 0.2) is 11.6 Å². The molecule has 3 rings (SSSR count). The number of rotatable bonds is 6. The molecule has 0 radical (unpaired) electrons. The molecule has 0 N–H and O–H groups in total. The minimum atomic E-state index is -0.951. The molecule has 4 heteroatoms. The molecule has 0 heterocycles. The van der Waals surface area contributed by atoms with E-state index in [1.54, 1.807) is 66.7 Å². The van der Waals surface area contributed by atoms with E-state index in [4.69, 9.17) is 0 Å². The van der Waals surface area contributed by atoms with Gasteiger partial charge < -0.3 is 0 Å². The molecule has 3 aromatic rings. The summed E-state index contributed by atoms with van der Waals surface area (Å²) in [5, 5.41) is 19.0. The summed E-state index contributed by atoms with van der Waals surface area (Å²) in [7, 11) is 0. The van der Waals surface area contributed by atoms with Crippen molar-refractivity contribution in [2.45, 2.75) is 11.8 Å². The number of hydrogen-bond donors (Lipinski definition) is 0. The second-order valence-corrected chi connectivity index (χ2v) is 6.25. The summed E-state index contributed by atoms with van der Waals surface area (Å²) < 4.78 is 0. The molecule has 0 bridgehead atoms. The highest BCUT2D eigenvalue weighted by Gasteiger charge is 2.25. The van der Waals surface area contributed by atoms with Gasteiger partial charge in [0.05, 0.1) is 12.1 Å². The molecular formula is C24H16N2O2. The lowest BCUT2D eigenvalue weighted by Crippen LogP contribution is -2.14. The number of ketones is 2. The van der Waals surface area contributed by atoms with E-state index in [0.29, 0.717) is 11.1 Å². The van der Waals surface area contributed by atoms with Gasteiger partial charge in [-0.2, -0.15) is 10.5 Å². The van der Waals surface area contributed by atoms with Crippen molar-refractivity contribution in [2.24, 2.45) is 0 Å². The Morgan fingerprint density at radius 1 is 0.607 bits per heavy atom. The van der Waals surface area contributed by atoms with Gasteiger partial charge in [-0.05, 0) is 17.2 Å². The van der Waals surface area contributed by atoms with Gasteiger partial charge in [-0.25, -0.2) is 0 Å². The van der Waals surface area contributed by atoms with E-state index in [2.05, 4.69) is 0 Å². The lowest BCUT2D eigenvalue weighted by Gasteiger charge is -2.11. The Labute approximate surface area is 163 Å². The Morgan fingerprint density at radius 3 is 1.36 bits per heavy atom. The van der Waals surface area contributed by atoms with Crippen LogP contribution < -0.4 is 0 Å². The van der Waals surface area contributed by atoms with Crippen LogP contribution in [0.3, 0.4) is 0 Å². The minimum Gasteiger partial charge on any atom is -0.292 e. The first-order chi connectivity index (χ1) is 13.7. The van der Waals surface area contributed by atoms with Crippen LogP contribution in [-0.4, -0.2) is 11.6 Å². The van der Waals surface area contributed by atoms with Crippen molar-refractivity contribution in [1.29, 1.82) is 10.5 Å². The molecule has 2 atom stereocenters. The molecular weight excluding hydrogens is 348 g/mol. The maximum absolute atomic E-state index is 12.9. The van der Waals surface area contributed by atoms with Crippen molar-refractivity contribution >= 4 is 11.6 Å². The molecule has 2 unspecified atom stereocenters. The average Bonchev–Trinajstić information content (AvgIpc) is 2.76. The van der Waals surface area contributed by atoms with Crippen LogP contribution >= 0.6 is 0 Å². The van der Waals surface area contributed by atoms with E-state index >= 15 is 0 Å². The van der Waals surface area contributed by atoms with E-state index in [-0.39, 0.29) is 22.7 Å². The summed E-state index contributed by atoms with van der Waals surface area (Å²) in [6, 6.07) is 27.9. The largest absolute Gasteiger partial charge is 0.292 e. The first-order valence-corrected chi connectivity index (χ1v) is 8.73. The van der Waals surface area contributed by atoms with Crippen molar-refractivity contribution in [3.8, 4) is 12.1 Å². The van der Waals surface area contributed by atoms with E-state index in [9.17, 15) is 20.1 Å². The molecule has 28 heavy (non-hydrogen) atoms. The normalized spacial score (nSPS) is 12.2. The van der Waals surface area contributed by atoms with E-state index in [1.807, 2.05) is 24.3 Å². The molecule has 3 aromatic carbocycles. The van der Waals surface area contributed by atoms with Crippen LogP contribution in [0.15, 0.2) is 84.9 Å². The number of Topliss-reactive ketones (excluding diaryl/α,β-unsaturated/α-hetero) is 2. The molecule has 0 fully saturated rings. The fraction of sp³-hybridized carbons (Fsp3) is 0.0833.